The van der Waals surface area contributed by atoms with Crippen molar-refractivity contribution in [1.82, 2.24) is 4.90 Å². The summed E-state index contributed by atoms with van der Waals surface area (Å²) in [7, 11) is 0. The number of benzene rings is 2. The molecule has 0 radical (unpaired) electrons. The summed E-state index contributed by atoms with van der Waals surface area (Å²) in [6.07, 6.45) is 4.73. The summed E-state index contributed by atoms with van der Waals surface area (Å²) >= 11 is 3.38. The Hall–Kier alpha value is -3.00. The zero-order valence-electron chi connectivity index (χ0n) is 17.7. The van der Waals surface area contributed by atoms with E-state index in [9.17, 15) is 19.2 Å². The molecule has 0 aromatic heterocycles. The number of imide groups is 1. The average Bonchev–Trinajstić information content (AvgIpc) is 3.04. The van der Waals surface area contributed by atoms with E-state index in [2.05, 4.69) is 21.2 Å². The number of anilines is 1. The van der Waals surface area contributed by atoms with Crippen LogP contribution in [0.3, 0.4) is 0 Å². The first-order valence-corrected chi connectivity index (χ1v) is 11.4. The van der Waals surface area contributed by atoms with Crippen molar-refractivity contribution in [3.8, 4) is 0 Å². The number of hydrogen-bond acceptors (Lipinski definition) is 5. The van der Waals surface area contributed by atoms with Gasteiger partial charge in [0.05, 0.1) is 22.4 Å². The number of aryl methyl sites for hydroxylation is 1. The molecule has 2 aliphatic rings. The van der Waals surface area contributed by atoms with E-state index >= 15 is 0 Å². The number of fused-ring (bicyclic) bond motifs is 1. The van der Waals surface area contributed by atoms with Gasteiger partial charge < -0.3 is 10.1 Å². The van der Waals surface area contributed by atoms with E-state index in [1.165, 1.54) is 23.1 Å². The van der Waals surface area contributed by atoms with Gasteiger partial charge in [-0.05, 0) is 71.6 Å². The highest BCUT2D eigenvalue weighted by atomic mass is 79.9. The van der Waals surface area contributed by atoms with Crippen molar-refractivity contribution in [2.75, 3.05) is 11.9 Å². The van der Waals surface area contributed by atoms with Crippen LogP contribution in [0.15, 0.2) is 40.9 Å². The number of nitrogens with zero attached hydrogens (tertiary/aromatic N) is 1. The van der Waals surface area contributed by atoms with Crippen LogP contribution >= 0.6 is 15.9 Å². The predicted molar refractivity (Wildman–Crippen MR) is 122 cm³/mol. The highest BCUT2D eigenvalue weighted by Gasteiger charge is 2.40. The van der Waals surface area contributed by atoms with Gasteiger partial charge in [0.2, 0.25) is 0 Å². The molecule has 2 aromatic rings. The van der Waals surface area contributed by atoms with E-state index in [1.807, 2.05) is 19.1 Å². The molecular formula is C24H23BrN2O5. The lowest BCUT2D eigenvalue weighted by Crippen LogP contribution is -2.40. The van der Waals surface area contributed by atoms with E-state index in [0.717, 1.165) is 42.1 Å². The molecule has 3 amide bonds. The maximum Gasteiger partial charge on any atom is 0.338 e. The summed E-state index contributed by atoms with van der Waals surface area (Å²) < 4.78 is 5.84. The molecule has 0 saturated heterocycles. The van der Waals surface area contributed by atoms with Crippen molar-refractivity contribution < 1.29 is 23.9 Å². The molecule has 32 heavy (non-hydrogen) atoms. The van der Waals surface area contributed by atoms with Crippen LogP contribution in [-0.2, 0) is 9.53 Å². The van der Waals surface area contributed by atoms with Crippen molar-refractivity contribution in [1.29, 1.82) is 0 Å². The van der Waals surface area contributed by atoms with Crippen molar-refractivity contribution in [2.24, 2.45) is 0 Å². The van der Waals surface area contributed by atoms with Crippen LogP contribution in [0, 0.1) is 6.92 Å². The second kappa shape index (κ2) is 9.24. The molecule has 1 N–H and O–H groups in total. The lowest BCUT2D eigenvalue weighted by molar-refractivity contribution is -0.119. The second-order valence-electron chi connectivity index (χ2n) is 8.14. The minimum atomic E-state index is -0.734. The maximum atomic E-state index is 12.9. The Morgan fingerprint density at radius 3 is 2.47 bits per heavy atom. The third-order valence-corrected chi connectivity index (χ3v) is 6.48. The zero-order valence-corrected chi connectivity index (χ0v) is 19.2. The Labute approximate surface area is 194 Å². The molecule has 1 aliphatic carbocycles. The lowest BCUT2D eigenvalue weighted by Gasteiger charge is -2.29. The number of hydrogen-bond donors (Lipinski definition) is 1. The fourth-order valence-corrected chi connectivity index (χ4v) is 4.77. The van der Waals surface area contributed by atoms with Gasteiger partial charge in [-0.3, -0.25) is 19.3 Å². The summed E-state index contributed by atoms with van der Waals surface area (Å²) in [5, 5.41) is 2.67. The van der Waals surface area contributed by atoms with Crippen LogP contribution in [0.2, 0.25) is 0 Å². The number of carbonyl (C=O) groups is 4. The summed E-state index contributed by atoms with van der Waals surface area (Å²) in [4.78, 5) is 51.6. The number of amides is 3. The fraction of sp³-hybridized carbons (Fsp3) is 0.333. The summed E-state index contributed by atoms with van der Waals surface area (Å²) in [5.74, 6) is -1.89. The third kappa shape index (κ3) is 4.46. The number of esters is 1. The van der Waals surface area contributed by atoms with Crippen LogP contribution in [0.25, 0.3) is 0 Å². The van der Waals surface area contributed by atoms with Gasteiger partial charge in [-0.15, -0.1) is 0 Å². The smallest absolute Gasteiger partial charge is 0.338 e. The van der Waals surface area contributed by atoms with Crippen LogP contribution < -0.4 is 5.32 Å². The lowest BCUT2D eigenvalue weighted by atomic mass is 9.94. The van der Waals surface area contributed by atoms with Crippen molar-refractivity contribution in [3.05, 3.63) is 63.1 Å². The quantitative estimate of drug-likeness (QED) is 0.484. The largest absolute Gasteiger partial charge is 0.452 e. The zero-order chi connectivity index (χ0) is 22.8. The van der Waals surface area contributed by atoms with Crippen molar-refractivity contribution >= 4 is 45.3 Å². The molecule has 8 heteroatoms. The van der Waals surface area contributed by atoms with Gasteiger partial charge in [-0.25, -0.2) is 4.79 Å². The molecule has 0 bridgehead atoms. The number of ether oxygens (including phenoxy) is 1. The topological polar surface area (TPSA) is 92.8 Å². The van der Waals surface area contributed by atoms with Gasteiger partial charge in [-0.1, -0.05) is 25.3 Å². The van der Waals surface area contributed by atoms with Gasteiger partial charge in [0, 0.05) is 10.5 Å². The Bertz CT molecular complexity index is 1110. The second-order valence-corrected chi connectivity index (χ2v) is 8.99. The third-order valence-electron chi connectivity index (χ3n) is 5.83. The Morgan fingerprint density at radius 2 is 1.75 bits per heavy atom. The number of rotatable bonds is 5. The average molecular weight is 499 g/mol. The molecule has 1 fully saturated rings. The fourth-order valence-electron chi connectivity index (χ4n) is 4.18. The van der Waals surface area contributed by atoms with E-state index < -0.39 is 18.5 Å². The molecule has 1 saturated carbocycles. The van der Waals surface area contributed by atoms with Gasteiger partial charge in [0.15, 0.2) is 6.61 Å². The van der Waals surface area contributed by atoms with E-state index in [-0.39, 0.29) is 29.0 Å². The molecule has 166 valence electrons. The molecule has 0 atom stereocenters. The number of halogens is 1. The van der Waals surface area contributed by atoms with Gasteiger partial charge >= 0.3 is 5.97 Å². The molecule has 2 aromatic carbocycles. The first kappa shape index (κ1) is 22.2. The minimum Gasteiger partial charge on any atom is -0.452 e. The van der Waals surface area contributed by atoms with E-state index in [0.29, 0.717) is 11.3 Å². The van der Waals surface area contributed by atoms with Crippen molar-refractivity contribution in [3.63, 3.8) is 0 Å². The number of carbonyl (C=O) groups excluding carboxylic acids is 4. The van der Waals surface area contributed by atoms with Crippen LogP contribution in [0.5, 0.6) is 0 Å². The monoisotopic (exact) mass is 498 g/mol. The SMILES string of the molecule is Cc1ccc(NC(=O)COC(=O)c2ccc3c(c2)C(=O)N(C2CCCCC2)C3=O)c(Br)c1. The van der Waals surface area contributed by atoms with E-state index in [4.69, 9.17) is 4.74 Å². The maximum absolute atomic E-state index is 12.9. The molecule has 1 heterocycles. The summed E-state index contributed by atoms with van der Waals surface area (Å²) in [6, 6.07) is 9.70. The summed E-state index contributed by atoms with van der Waals surface area (Å²) in [5.41, 5.74) is 2.25. The van der Waals surface area contributed by atoms with Crippen LogP contribution in [0.1, 0.15) is 68.7 Å². The molecular weight excluding hydrogens is 476 g/mol. The van der Waals surface area contributed by atoms with Crippen molar-refractivity contribution in [2.45, 2.75) is 45.1 Å². The Balaban J connectivity index is 1.40. The van der Waals surface area contributed by atoms with Gasteiger partial charge in [0.25, 0.3) is 17.7 Å². The van der Waals surface area contributed by atoms with Gasteiger partial charge in [0.1, 0.15) is 0 Å². The molecule has 0 spiro atoms. The van der Waals surface area contributed by atoms with Crippen LogP contribution in [0.4, 0.5) is 5.69 Å². The highest BCUT2D eigenvalue weighted by Crippen LogP contribution is 2.31. The first-order chi connectivity index (χ1) is 15.3. The molecule has 4 rings (SSSR count). The van der Waals surface area contributed by atoms with Gasteiger partial charge in [-0.2, -0.15) is 0 Å². The summed E-state index contributed by atoms with van der Waals surface area (Å²) in [6.45, 7) is 1.46. The molecule has 7 nitrogen and oxygen atoms in total. The first-order valence-electron chi connectivity index (χ1n) is 10.6. The predicted octanol–water partition coefficient (Wildman–Crippen LogP) is 4.48. The minimum absolute atomic E-state index is 0.0867. The molecule has 0 unspecified atom stereocenters. The number of nitrogens with one attached hydrogen (secondary N) is 1. The van der Waals surface area contributed by atoms with E-state index in [1.54, 1.807) is 6.07 Å². The Morgan fingerprint density at radius 1 is 1.03 bits per heavy atom. The Kier molecular flexibility index (Phi) is 6.41. The molecule has 1 aliphatic heterocycles. The van der Waals surface area contributed by atoms with Crippen LogP contribution in [-0.4, -0.2) is 41.2 Å². The standard InChI is InChI=1S/C24H23BrN2O5/c1-14-7-10-20(19(25)11-14)26-21(28)13-32-24(31)15-8-9-17-18(12-15)23(30)27(22(17)29)16-5-3-2-4-6-16/h7-12,16H,2-6,13H2,1H3,(H,26,28). The highest BCUT2D eigenvalue weighted by molar-refractivity contribution is 9.10. The normalized spacial score (nSPS) is 16.1.